The van der Waals surface area contributed by atoms with Crippen LogP contribution in [0, 0.1) is 0 Å². The predicted octanol–water partition coefficient (Wildman–Crippen LogP) is -5.40. The van der Waals surface area contributed by atoms with E-state index in [9.17, 15) is 35.7 Å². The zero-order valence-electron chi connectivity index (χ0n) is 12.0. The standard InChI is InChI=1S/C12H22O11/c13-1-3-5(14)8(17)10(19)12(23-3)21-2-4-6(15)7(16)9(18)11(20)22-4/h3-20H,1-2H2/t3?,4?,5?,6-,7?,8?,9-,10-,11?,12+/m1/s1. The van der Waals surface area contributed by atoms with Crippen LogP contribution in [0.1, 0.15) is 0 Å². The van der Waals surface area contributed by atoms with Crippen LogP contribution in [0.25, 0.3) is 0 Å². The molecule has 10 atom stereocenters. The highest BCUT2D eigenvalue weighted by Crippen LogP contribution is 2.24. The van der Waals surface area contributed by atoms with Gasteiger partial charge in [-0.25, -0.2) is 0 Å². The van der Waals surface area contributed by atoms with Crippen molar-refractivity contribution in [3.05, 3.63) is 0 Å². The normalized spacial score (nSPS) is 51.7. The fourth-order valence-corrected chi connectivity index (χ4v) is 2.46. The monoisotopic (exact) mass is 342 g/mol. The highest BCUT2D eigenvalue weighted by atomic mass is 16.7. The number of ether oxygens (including phenoxy) is 3. The van der Waals surface area contributed by atoms with Crippen LogP contribution >= 0.6 is 0 Å². The molecule has 2 heterocycles. The van der Waals surface area contributed by atoms with Crippen molar-refractivity contribution in [1.29, 1.82) is 0 Å². The maximum Gasteiger partial charge on any atom is 0.186 e. The molecule has 0 radical (unpaired) electrons. The maximum absolute atomic E-state index is 9.78. The number of hydrogen-bond donors (Lipinski definition) is 8. The highest BCUT2D eigenvalue weighted by Gasteiger charge is 2.46. The van der Waals surface area contributed by atoms with E-state index in [1.807, 2.05) is 0 Å². The first-order valence-corrected chi connectivity index (χ1v) is 7.07. The van der Waals surface area contributed by atoms with Gasteiger partial charge in [0.1, 0.15) is 48.8 Å². The van der Waals surface area contributed by atoms with E-state index in [1.165, 1.54) is 0 Å². The fraction of sp³-hybridized carbons (Fsp3) is 1.00. The molecule has 0 amide bonds. The largest absolute Gasteiger partial charge is 0.394 e. The van der Waals surface area contributed by atoms with Gasteiger partial charge in [-0.2, -0.15) is 0 Å². The number of hydrogen-bond acceptors (Lipinski definition) is 11. The van der Waals surface area contributed by atoms with E-state index < -0.39 is 74.6 Å². The zero-order chi connectivity index (χ0) is 17.3. The van der Waals surface area contributed by atoms with Crippen molar-refractivity contribution in [2.75, 3.05) is 13.2 Å². The molecule has 2 aliphatic heterocycles. The Balaban J connectivity index is 1.94. The Labute approximate surface area is 130 Å². The second-order valence-electron chi connectivity index (χ2n) is 5.57. The average molecular weight is 342 g/mol. The van der Waals surface area contributed by atoms with Crippen LogP contribution in [0.2, 0.25) is 0 Å². The summed E-state index contributed by atoms with van der Waals surface area (Å²) in [5.74, 6) is 0. The molecule has 0 spiro atoms. The van der Waals surface area contributed by atoms with Gasteiger partial charge >= 0.3 is 0 Å². The lowest BCUT2D eigenvalue weighted by Gasteiger charge is -2.41. The molecule has 2 fully saturated rings. The van der Waals surface area contributed by atoms with Crippen molar-refractivity contribution in [2.24, 2.45) is 0 Å². The lowest BCUT2D eigenvalue weighted by Crippen LogP contribution is -2.61. The Kier molecular flexibility index (Phi) is 6.27. The first-order valence-electron chi connectivity index (χ1n) is 7.07. The quantitative estimate of drug-likeness (QED) is 0.243. The van der Waals surface area contributed by atoms with E-state index in [1.54, 1.807) is 0 Å². The van der Waals surface area contributed by atoms with Crippen molar-refractivity contribution in [3.63, 3.8) is 0 Å². The van der Waals surface area contributed by atoms with Gasteiger partial charge in [-0.3, -0.25) is 0 Å². The summed E-state index contributed by atoms with van der Waals surface area (Å²) < 4.78 is 15.1. The SMILES string of the molecule is OCC1O[C@H](OCC2OC(O)[C@H](O)C(O)[C@@H]2O)[C@H](O)C(O)C1O. The van der Waals surface area contributed by atoms with E-state index >= 15 is 0 Å². The Morgan fingerprint density at radius 1 is 0.652 bits per heavy atom. The number of aliphatic hydroxyl groups excluding tert-OH is 8. The van der Waals surface area contributed by atoms with Crippen molar-refractivity contribution in [1.82, 2.24) is 0 Å². The third-order valence-corrected chi connectivity index (χ3v) is 3.96. The van der Waals surface area contributed by atoms with Gasteiger partial charge in [-0.05, 0) is 0 Å². The van der Waals surface area contributed by atoms with Gasteiger partial charge in [0.2, 0.25) is 0 Å². The van der Waals surface area contributed by atoms with Crippen molar-refractivity contribution < 1.29 is 55.1 Å². The van der Waals surface area contributed by atoms with Crippen LogP contribution in [0.4, 0.5) is 0 Å². The second kappa shape index (κ2) is 7.63. The molecular weight excluding hydrogens is 320 g/mol. The molecule has 2 rings (SSSR count). The molecule has 11 nitrogen and oxygen atoms in total. The minimum absolute atomic E-state index is 0.468. The molecule has 0 aliphatic carbocycles. The van der Waals surface area contributed by atoms with Gasteiger partial charge in [0, 0.05) is 0 Å². The summed E-state index contributed by atoms with van der Waals surface area (Å²) in [4.78, 5) is 0. The molecule has 6 unspecified atom stereocenters. The van der Waals surface area contributed by atoms with Crippen molar-refractivity contribution in [3.8, 4) is 0 Å². The first-order chi connectivity index (χ1) is 10.8. The third kappa shape index (κ3) is 3.81. The minimum atomic E-state index is -1.74. The molecule has 11 heteroatoms. The molecule has 0 bridgehead atoms. The van der Waals surface area contributed by atoms with Gasteiger partial charge < -0.3 is 55.1 Å². The topological polar surface area (TPSA) is 190 Å². The summed E-state index contributed by atoms with van der Waals surface area (Å²) in [5, 5.41) is 76.1. The van der Waals surface area contributed by atoms with Gasteiger partial charge in [0.05, 0.1) is 13.2 Å². The zero-order valence-corrected chi connectivity index (χ0v) is 12.0. The van der Waals surface area contributed by atoms with Gasteiger partial charge in [0.15, 0.2) is 12.6 Å². The molecule has 23 heavy (non-hydrogen) atoms. The molecule has 136 valence electrons. The minimum Gasteiger partial charge on any atom is -0.394 e. The van der Waals surface area contributed by atoms with Crippen LogP contribution < -0.4 is 0 Å². The summed E-state index contributed by atoms with van der Waals surface area (Å²) >= 11 is 0. The maximum atomic E-state index is 9.78. The van der Waals surface area contributed by atoms with Gasteiger partial charge in [-0.1, -0.05) is 0 Å². The van der Waals surface area contributed by atoms with Gasteiger partial charge in [0.25, 0.3) is 0 Å². The van der Waals surface area contributed by atoms with Crippen molar-refractivity contribution in [2.45, 2.75) is 61.4 Å². The summed E-state index contributed by atoms with van der Waals surface area (Å²) in [5.41, 5.74) is 0. The molecule has 0 aromatic heterocycles. The lowest BCUT2D eigenvalue weighted by molar-refractivity contribution is -0.325. The van der Waals surface area contributed by atoms with Crippen LogP contribution in [-0.4, -0.2) is 115 Å². The van der Waals surface area contributed by atoms with E-state index in [2.05, 4.69) is 0 Å². The lowest BCUT2D eigenvalue weighted by atomic mass is 9.98. The summed E-state index contributed by atoms with van der Waals surface area (Å²) in [6.45, 7) is -1.10. The molecule has 0 aromatic carbocycles. The Morgan fingerprint density at radius 2 is 1.22 bits per heavy atom. The summed E-state index contributed by atoms with van der Waals surface area (Å²) in [6.07, 6.45) is -15.3. The van der Waals surface area contributed by atoms with Crippen LogP contribution in [0.3, 0.4) is 0 Å². The molecule has 2 saturated heterocycles. The first kappa shape index (κ1) is 18.9. The molecular formula is C12H22O11. The molecule has 0 aromatic rings. The van der Waals surface area contributed by atoms with Crippen LogP contribution in [-0.2, 0) is 14.2 Å². The third-order valence-electron chi connectivity index (χ3n) is 3.96. The Morgan fingerprint density at radius 3 is 1.83 bits per heavy atom. The van der Waals surface area contributed by atoms with E-state index in [-0.39, 0.29) is 0 Å². The molecule has 8 N–H and O–H groups in total. The van der Waals surface area contributed by atoms with Crippen LogP contribution in [0.15, 0.2) is 0 Å². The summed E-state index contributed by atoms with van der Waals surface area (Å²) in [7, 11) is 0. The van der Waals surface area contributed by atoms with E-state index in [0.29, 0.717) is 0 Å². The smallest absolute Gasteiger partial charge is 0.186 e. The molecule has 2 aliphatic rings. The number of rotatable bonds is 4. The molecule has 0 saturated carbocycles. The van der Waals surface area contributed by atoms with E-state index in [0.717, 1.165) is 0 Å². The summed E-state index contributed by atoms with van der Waals surface area (Å²) in [6, 6.07) is 0. The van der Waals surface area contributed by atoms with Gasteiger partial charge in [-0.15, -0.1) is 0 Å². The highest BCUT2D eigenvalue weighted by molar-refractivity contribution is 4.91. The van der Waals surface area contributed by atoms with Crippen LogP contribution in [0.5, 0.6) is 0 Å². The average Bonchev–Trinajstić information content (AvgIpc) is 2.54. The Bertz CT molecular complexity index is 380. The van der Waals surface area contributed by atoms with Crippen molar-refractivity contribution >= 4 is 0 Å². The predicted molar refractivity (Wildman–Crippen MR) is 68.6 cm³/mol. The fourth-order valence-electron chi connectivity index (χ4n) is 2.46. The Hall–Kier alpha value is -0.440. The van der Waals surface area contributed by atoms with E-state index in [4.69, 9.17) is 19.3 Å². The number of aliphatic hydroxyl groups is 8. The second-order valence-corrected chi connectivity index (χ2v) is 5.57.